The maximum absolute atomic E-state index is 12.7. The fraction of sp³-hybridized carbons (Fsp3) is 0.526. The molecule has 1 saturated heterocycles. The molecule has 0 spiro atoms. The zero-order chi connectivity index (χ0) is 18.0. The summed E-state index contributed by atoms with van der Waals surface area (Å²) < 4.78 is 0. The summed E-state index contributed by atoms with van der Waals surface area (Å²) in [6, 6.07) is 6.40. The number of carbonyl (C=O) groups excluding carboxylic acids is 2. The molecule has 2 N–H and O–H groups in total. The second-order valence-corrected chi connectivity index (χ2v) is 7.00. The van der Waals surface area contributed by atoms with Crippen LogP contribution in [-0.4, -0.2) is 46.4 Å². The second kappa shape index (κ2) is 7.25. The Bertz CT molecular complexity index is 688. The maximum atomic E-state index is 12.7. The van der Waals surface area contributed by atoms with Crippen LogP contribution in [0, 0.1) is 12.8 Å². The van der Waals surface area contributed by atoms with Gasteiger partial charge < -0.3 is 15.3 Å². The second-order valence-electron chi connectivity index (χ2n) is 7.00. The third-order valence-corrected chi connectivity index (χ3v) is 5.45. The normalized spacial score (nSPS) is 25.3. The molecule has 25 heavy (non-hydrogen) atoms. The number of rotatable bonds is 4. The number of fused-ring (bicyclic) bond motifs is 1. The molecule has 1 aliphatic carbocycles. The molecule has 134 valence electrons. The minimum absolute atomic E-state index is 0.00212. The Morgan fingerprint density at radius 3 is 2.64 bits per heavy atom. The number of aryl methyl sites for hydroxylation is 1. The van der Waals surface area contributed by atoms with Gasteiger partial charge in [0, 0.05) is 11.6 Å². The SMILES string of the molecule is Cc1ccccc1C(=O)NCC(=O)N1C(C(=O)O)CC2CCCCC21. The summed E-state index contributed by atoms with van der Waals surface area (Å²) in [5.74, 6) is -1.29. The average Bonchev–Trinajstić information content (AvgIpc) is 2.99. The van der Waals surface area contributed by atoms with Crippen molar-refractivity contribution < 1.29 is 19.5 Å². The molecule has 0 radical (unpaired) electrons. The summed E-state index contributed by atoms with van der Waals surface area (Å²) >= 11 is 0. The number of nitrogens with one attached hydrogen (secondary N) is 1. The molecule has 6 nitrogen and oxygen atoms in total. The first kappa shape index (κ1) is 17.5. The number of aliphatic carboxylic acids is 1. The fourth-order valence-electron chi connectivity index (χ4n) is 4.21. The van der Waals surface area contributed by atoms with Crippen LogP contribution in [0.15, 0.2) is 24.3 Å². The minimum atomic E-state index is -0.951. The molecule has 1 heterocycles. The molecule has 0 bridgehead atoms. The van der Waals surface area contributed by atoms with Crippen LogP contribution in [0.2, 0.25) is 0 Å². The van der Waals surface area contributed by atoms with E-state index < -0.39 is 12.0 Å². The van der Waals surface area contributed by atoms with Gasteiger partial charge in [0.2, 0.25) is 5.91 Å². The van der Waals surface area contributed by atoms with Gasteiger partial charge in [-0.15, -0.1) is 0 Å². The van der Waals surface area contributed by atoms with Crippen molar-refractivity contribution in [1.82, 2.24) is 10.2 Å². The Labute approximate surface area is 147 Å². The highest BCUT2D eigenvalue weighted by Gasteiger charge is 2.47. The predicted molar refractivity (Wildman–Crippen MR) is 92.1 cm³/mol. The third kappa shape index (κ3) is 3.52. The highest BCUT2D eigenvalue weighted by atomic mass is 16.4. The van der Waals surface area contributed by atoms with Crippen LogP contribution in [-0.2, 0) is 9.59 Å². The average molecular weight is 344 g/mol. The van der Waals surface area contributed by atoms with Gasteiger partial charge in [0.1, 0.15) is 6.04 Å². The highest BCUT2D eigenvalue weighted by molar-refractivity contribution is 5.98. The molecule has 1 saturated carbocycles. The topological polar surface area (TPSA) is 86.7 Å². The van der Waals surface area contributed by atoms with E-state index in [0.29, 0.717) is 12.0 Å². The molecule has 3 atom stereocenters. The maximum Gasteiger partial charge on any atom is 0.326 e. The summed E-state index contributed by atoms with van der Waals surface area (Å²) in [5.41, 5.74) is 1.37. The first-order chi connectivity index (χ1) is 12.0. The number of hydrogen-bond acceptors (Lipinski definition) is 3. The molecule has 1 aliphatic heterocycles. The molecule has 2 aliphatic rings. The van der Waals surface area contributed by atoms with E-state index >= 15 is 0 Å². The van der Waals surface area contributed by atoms with E-state index in [0.717, 1.165) is 31.2 Å². The number of carbonyl (C=O) groups is 3. The third-order valence-electron chi connectivity index (χ3n) is 5.45. The Morgan fingerprint density at radius 2 is 1.92 bits per heavy atom. The van der Waals surface area contributed by atoms with Gasteiger partial charge >= 0.3 is 5.97 Å². The summed E-state index contributed by atoms with van der Waals surface area (Å²) in [5, 5.41) is 12.1. The highest BCUT2D eigenvalue weighted by Crippen LogP contribution is 2.39. The number of amides is 2. The number of hydrogen-bond donors (Lipinski definition) is 2. The lowest BCUT2D eigenvalue weighted by Gasteiger charge is -2.33. The van der Waals surface area contributed by atoms with Crippen LogP contribution >= 0.6 is 0 Å². The van der Waals surface area contributed by atoms with Crippen molar-refractivity contribution in [3.8, 4) is 0 Å². The van der Waals surface area contributed by atoms with Crippen molar-refractivity contribution in [3.63, 3.8) is 0 Å². The first-order valence-corrected chi connectivity index (χ1v) is 8.87. The monoisotopic (exact) mass is 344 g/mol. The van der Waals surface area contributed by atoms with Crippen LogP contribution in [0.5, 0.6) is 0 Å². The van der Waals surface area contributed by atoms with E-state index in [4.69, 9.17) is 0 Å². The predicted octanol–water partition coefficient (Wildman–Crippen LogP) is 1.97. The van der Waals surface area contributed by atoms with Crippen molar-refractivity contribution in [3.05, 3.63) is 35.4 Å². The van der Waals surface area contributed by atoms with Crippen molar-refractivity contribution in [1.29, 1.82) is 0 Å². The molecule has 6 heteroatoms. The van der Waals surface area contributed by atoms with Crippen molar-refractivity contribution in [2.24, 2.45) is 5.92 Å². The Hall–Kier alpha value is -2.37. The van der Waals surface area contributed by atoms with Crippen LogP contribution in [0.1, 0.15) is 48.0 Å². The number of likely N-dealkylation sites (tertiary alicyclic amines) is 1. The van der Waals surface area contributed by atoms with E-state index in [9.17, 15) is 19.5 Å². The minimum Gasteiger partial charge on any atom is -0.480 e. The Morgan fingerprint density at radius 1 is 1.20 bits per heavy atom. The molecule has 0 aromatic heterocycles. The Kier molecular flexibility index (Phi) is 5.06. The Balaban J connectivity index is 1.67. The molecule has 2 fully saturated rings. The standard InChI is InChI=1S/C19H24N2O4/c1-12-6-2-4-8-14(12)18(23)20-11-17(22)21-15-9-5-3-7-13(15)10-16(21)19(24)25/h2,4,6,8,13,15-16H,3,5,7,9-11H2,1H3,(H,20,23)(H,24,25). The van der Waals surface area contributed by atoms with Gasteiger partial charge in [0.25, 0.3) is 5.91 Å². The molecular formula is C19H24N2O4. The first-order valence-electron chi connectivity index (χ1n) is 8.87. The number of benzene rings is 1. The van der Waals surface area contributed by atoms with Gasteiger partial charge in [-0.1, -0.05) is 31.0 Å². The largest absolute Gasteiger partial charge is 0.480 e. The molecular weight excluding hydrogens is 320 g/mol. The summed E-state index contributed by atoms with van der Waals surface area (Å²) in [4.78, 5) is 38.1. The van der Waals surface area contributed by atoms with E-state index in [1.54, 1.807) is 12.1 Å². The van der Waals surface area contributed by atoms with Crippen LogP contribution in [0.3, 0.4) is 0 Å². The van der Waals surface area contributed by atoms with Crippen molar-refractivity contribution in [2.75, 3.05) is 6.54 Å². The molecule has 1 aromatic rings. The zero-order valence-electron chi connectivity index (χ0n) is 14.4. The van der Waals surface area contributed by atoms with Crippen LogP contribution in [0.4, 0.5) is 0 Å². The number of carboxylic acids is 1. The summed E-state index contributed by atoms with van der Waals surface area (Å²) in [6.07, 6.45) is 4.48. The van der Waals surface area contributed by atoms with Crippen LogP contribution in [0.25, 0.3) is 0 Å². The van der Waals surface area contributed by atoms with Gasteiger partial charge in [0.05, 0.1) is 6.54 Å². The zero-order valence-corrected chi connectivity index (χ0v) is 14.4. The summed E-state index contributed by atoms with van der Waals surface area (Å²) in [6.45, 7) is 1.67. The van der Waals surface area contributed by atoms with E-state index in [-0.39, 0.29) is 30.3 Å². The van der Waals surface area contributed by atoms with E-state index in [1.807, 2.05) is 19.1 Å². The smallest absolute Gasteiger partial charge is 0.326 e. The van der Waals surface area contributed by atoms with E-state index in [2.05, 4.69) is 5.32 Å². The van der Waals surface area contributed by atoms with Gasteiger partial charge in [-0.25, -0.2) is 4.79 Å². The van der Waals surface area contributed by atoms with Crippen LogP contribution < -0.4 is 5.32 Å². The quantitative estimate of drug-likeness (QED) is 0.874. The lowest BCUT2D eigenvalue weighted by atomic mass is 9.85. The van der Waals surface area contributed by atoms with Gasteiger partial charge in [0.15, 0.2) is 0 Å². The van der Waals surface area contributed by atoms with Crippen molar-refractivity contribution >= 4 is 17.8 Å². The lowest BCUT2D eigenvalue weighted by Crippen LogP contribution is -2.50. The number of carboxylic acid groups (broad SMARTS) is 1. The van der Waals surface area contributed by atoms with Gasteiger partial charge in [-0.3, -0.25) is 9.59 Å². The lowest BCUT2D eigenvalue weighted by molar-refractivity contribution is -0.149. The molecule has 3 unspecified atom stereocenters. The van der Waals surface area contributed by atoms with Gasteiger partial charge in [-0.05, 0) is 43.7 Å². The molecule has 2 amide bonds. The van der Waals surface area contributed by atoms with Crippen molar-refractivity contribution in [2.45, 2.75) is 51.1 Å². The fourth-order valence-corrected chi connectivity index (χ4v) is 4.21. The van der Waals surface area contributed by atoms with Gasteiger partial charge in [-0.2, -0.15) is 0 Å². The molecule has 3 rings (SSSR count). The molecule has 1 aromatic carbocycles. The summed E-state index contributed by atoms with van der Waals surface area (Å²) in [7, 11) is 0. The number of nitrogens with zero attached hydrogens (tertiary/aromatic N) is 1. The van der Waals surface area contributed by atoms with E-state index in [1.165, 1.54) is 4.90 Å².